The summed E-state index contributed by atoms with van der Waals surface area (Å²) >= 11 is 0. The molecule has 1 atom stereocenters. The summed E-state index contributed by atoms with van der Waals surface area (Å²) in [7, 11) is 0.310. The van der Waals surface area contributed by atoms with E-state index in [9.17, 15) is 13.2 Å². The van der Waals surface area contributed by atoms with E-state index >= 15 is 0 Å². The molecule has 4 rings (SSSR count). The van der Waals surface area contributed by atoms with Crippen molar-refractivity contribution in [2.45, 2.75) is 30.2 Å². The lowest BCUT2D eigenvalue weighted by Gasteiger charge is -2.29. The molecule has 36 heavy (non-hydrogen) atoms. The molecule has 8 nitrogen and oxygen atoms in total. The molecule has 0 saturated carbocycles. The fourth-order valence-electron chi connectivity index (χ4n) is 4.44. The van der Waals surface area contributed by atoms with Crippen LogP contribution in [0.4, 0.5) is 5.69 Å². The van der Waals surface area contributed by atoms with Gasteiger partial charge in [-0.3, -0.25) is 9.10 Å². The van der Waals surface area contributed by atoms with E-state index in [1.807, 2.05) is 18.2 Å². The van der Waals surface area contributed by atoms with Gasteiger partial charge in [0.15, 0.2) is 11.5 Å². The van der Waals surface area contributed by atoms with Gasteiger partial charge in [-0.2, -0.15) is 0 Å². The maximum absolute atomic E-state index is 13.8. The van der Waals surface area contributed by atoms with Crippen LogP contribution in [0.25, 0.3) is 0 Å². The number of ether oxygens (including phenoxy) is 3. The van der Waals surface area contributed by atoms with Crippen LogP contribution >= 0.6 is 0 Å². The van der Waals surface area contributed by atoms with E-state index in [2.05, 4.69) is 11.4 Å². The topological polar surface area (TPSA) is 94.2 Å². The van der Waals surface area contributed by atoms with Crippen LogP contribution in [0.5, 0.6) is 17.2 Å². The summed E-state index contributed by atoms with van der Waals surface area (Å²) in [6.07, 6.45) is 2.72. The number of methoxy groups -OCH3 is 3. The largest absolute Gasteiger partial charge is 0.497 e. The molecule has 1 amide bonds. The zero-order valence-electron chi connectivity index (χ0n) is 20.6. The number of anilines is 1. The van der Waals surface area contributed by atoms with Crippen molar-refractivity contribution in [3.8, 4) is 17.2 Å². The number of nitrogens with one attached hydrogen (secondary N) is 1. The maximum Gasteiger partial charge on any atom is 0.264 e. The number of sulfonamides is 1. The first-order valence-electron chi connectivity index (χ1n) is 11.6. The molecule has 3 aromatic rings. The predicted molar refractivity (Wildman–Crippen MR) is 137 cm³/mol. The molecule has 1 N–H and O–H groups in total. The van der Waals surface area contributed by atoms with Crippen LogP contribution in [0.3, 0.4) is 0 Å². The Morgan fingerprint density at radius 3 is 2.36 bits per heavy atom. The number of amides is 1. The van der Waals surface area contributed by atoms with E-state index in [1.165, 1.54) is 45.1 Å². The van der Waals surface area contributed by atoms with Crippen molar-refractivity contribution in [1.82, 2.24) is 5.32 Å². The van der Waals surface area contributed by atoms with Crippen molar-refractivity contribution >= 4 is 21.6 Å². The van der Waals surface area contributed by atoms with E-state index in [-0.39, 0.29) is 23.2 Å². The summed E-state index contributed by atoms with van der Waals surface area (Å²) in [6, 6.07) is 18.7. The molecule has 1 unspecified atom stereocenters. The van der Waals surface area contributed by atoms with Crippen LogP contribution in [-0.4, -0.2) is 42.2 Å². The lowest BCUT2D eigenvalue weighted by molar-refractivity contribution is -0.120. The van der Waals surface area contributed by atoms with Gasteiger partial charge in [-0.15, -0.1) is 0 Å². The second-order valence-corrected chi connectivity index (χ2v) is 10.3. The average Bonchev–Trinajstić information content (AvgIpc) is 2.91. The number of carbonyl (C=O) groups excluding carboxylic acids is 1. The van der Waals surface area contributed by atoms with Crippen molar-refractivity contribution in [1.29, 1.82) is 0 Å². The molecule has 0 radical (unpaired) electrons. The van der Waals surface area contributed by atoms with Gasteiger partial charge < -0.3 is 19.5 Å². The summed E-state index contributed by atoms with van der Waals surface area (Å²) in [4.78, 5) is 13.2. The zero-order chi connectivity index (χ0) is 25.7. The Morgan fingerprint density at radius 2 is 1.67 bits per heavy atom. The molecule has 0 saturated heterocycles. The number of benzene rings is 3. The van der Waals surface area contributed by atoms with Crippen molar-refractivity contribution in [2.75, 3.05) is 32.2 Å². The minimum atomic E-state index is -4.13. The molecule has 9 heteroatoms. The fraction of sp³-hybridized carbons (Fsp3) is 0.296. The van der Waals surface area contributed by atoms with Gasteiger partial charge in [0, 0.05) is 6.07 Å². The van der Waals surface area contributed by atoms with E-state index in [1.54, 1.807) is 24.3 Å². The summed E-state index contributed by atoms with van der Waals surface area (Å²) in [5.74, 6) is 0.861. The van der Waals surface area contributed by atoms with Crippen molar-refractivity contribution in [2.24, 2.45) is 0 Å². The predicted octanol–water partition coefficient (Wildman–Crippen LogP) is 4.10. The highest BCUT2D eigenvalue weighted by atomic mass is 32.2. The molecule has 1 aliphatic rings. The number of rotatable bonds is 9. The van der Waals surface area contributed by atoms with Crippen LogP contribution in [0, 0.1) is 0 Å². The summed E-state index contributed by atoms with van der Waals surface area (Å²) in [5.41, 5.74) is 2.62. The molecule has 0 fully saturated rings. The van der Waals surface area contributed by atoms with E-state index in [0.717, 1.165) is 29.1 Å². The first-order valence-corrected chi connectivity index (χ1v) is 13.1. The Kier molecular flexibility index (Phi) is 7.69. The third-order valence-corrected chi connectivity index (χ3v) is 8.07. The first-order chi connectivity index (χ1) is 17.4. The second-order valence-electron chi connectivity index (χ2n) is 8.44. The lowest BCUT2D eigenvalue weighted by Crippen LogP contribution is -2.42. The SMILES string of the molecule is COc1ccc(N(CC(=O)NC2CCCc3ccccc32)S(=O)(=O)c2ccc(OC)c(OC)c2)cc1. The monoisotopic (exact) mass is 510 g/mol. The number of hydrogen-bond acceptors (Lipinski definition) is 6. The molecular weight excluding hydrogens is 480 g/mol. The Morgan fingerprint density at radius 1 is 0.944 bits per heavy atom. The normalized spacial score (nSPS) is 14.9. The smallest absolute Gasteiger partial charge is 0.264 e. The van der Waals surface area contributed by atoms with Gasteiger partial charge >= 0.3 is 0 Å². The number of aryl methyl sites for hydroxylation is 1. The molecule has 0 spiro atoms. The lowest BCUT2D eigenvalue weighted by atomic mass is 9.88. The standard InChI is InChI=1S/C27H30N2O6S/c1-33-21-13-11-20(12-14-21)29(36(31,32)22-15-16-25(34-2)26(17-22)35-3)18-27(30)28-24-10-6-8-19-7-4-5-9-23(19)24/h4-5,7,9,11-17,24H,6,8,10,18H2,1-3H3,(H,28,30). The summed E-state index contributed by atoms with van der Waals surface area (Å²) in [6.45, 7) is -0.387. The van der Waals surface area contributed by atoms with Gasteiger partial charge in [0.05, 0.1) is 38.0 Å². The van der Waals surface area contributed by atoms with Crippen LogP contribution in [-0.2, 0) is 21.2 Å². The Bertz CT molecular complexity index is 1320. The van der Waals surface area contributed by atoms with Crippen molar-refractivity contribution in [3.63, 3.8) is 0 Å². The fourth-order valence-corrected chi connectivity index (χ4v) is 5.88. The first kappa shape index (κ1) is 25.4. The number of carbonyl (C=O) groups is 1. The van der Waals surface area contributed by atoms with Gasteiger partial charge in [0.2, 0.25) is 5.91 Å². The molecule has 0 aromatic heterocycles. The van der Waals surface area contributed by atoms with Gasteiger partial charge in [0.25, 0.3) is 10.0 Å². The average molecular weight is 511 g/mol. The second kappa shape index (κ2) is 10.9. The van der Waals surface area contributed by atoms with Gasteiger partial charge in [0.1, 0.15) is 12.3 Å². The maximum atomic E-state index is 13.8. The molecular formula is C27H30N2O6S. The molecule has 0 aliphatic heterocycles. The molecule has 0 heterocycles. The minimum absolute atomic E-state index is 0.0215. The minimum Gasteiger partial charge on any atom is -0.497 e. The molecule has 0 bridgehead atoms. The van der Waals surface area contributed by atoms with Gasteiger partial charge in [-0.1, -0.05) is 24.3 Å². The van der Waals surface area contributed by atoms with E-state index in [4.69, 9.17) is 14.2 Å². The van der Waals surface area contributed by atoms with Crippen molar-refractivity contribution in [3.05, 3.63) is 77.9 Å². The highest BCUT2D eigenvalue weighted by molar-refractivity contribution is 7.92. The van der Waals surface area contributed by atoms with Gasteiger partial charge in [-0.05, 0) is 66.8 Å². The van der Waals surface area contributed by atoms with E-state index < -0.39 is 15.9 Å². The highest BCUT2D eigenvalue weighted by Crippen LogP contribution is 2.33. The quantitative estimate of drug-likeness (QED) is 0.466. The Balaban J connectivity index is 1.66. The third-order valence-electron chi connectivity index (χ3n) is 6.30. The molecule has 3 aromatic carbocycles. The van der Waals surface area contributed by atoms with E-state index in [0.29, 0.717) is 17.2 Å². The highest BCUT2D eigenvalue weighted by Gasteiger charge is 2.30. The van der Waals surface area contributed by atoms with Crippen LogP contribution < -0.4 is 23.8 Å². The van der Waals surface area contributed by atoms with Crippen LogP contribution in [0.2, 0.25) is 0 Å². The zero-order valence-corrected chi connectivity index (χ0v) is 21.4. The summed E-state index contributed by atoms with van der Waals surface area (Å²) in [5, 5.41) is 3.05. The molecule has 1 aliphatic carbocycles. The Hall–Kier alpha value is -3.72. The van der Waals surface area contributed by atoms with Crippen LogP contribution in [0.15, 0.2) is 71.6 Å². The molecule has 190 valence electrons. The van der Waals surface area contributed by atoms with Crippen LogP contribution in [0.1, 0.15) is 30.0 Å². The summed E-state index contributed by atoms with van der Waals surface area (Å²) < 4.78 is 44.4. The number of hydrogen-bond donors (Lipinski definition) is 1. The Labute approximate surface area is 211 Å². The van der Waals surface area contributed by atoms with Crippen molar-refractivity contribution < 1.29 is 27.4 Å². The number of nitrogens with zero attached hydrogens (tertiary/aromatic N) is 1. The third kappa shape index (κ3) is 5.26. The van der Waals surface area contributed by atoms with Gasteiger partial charge in [-0.25, -0.2) is 8.42 Å². The number of fused-ring (bicyclic) bond motifs is 1.